The Morgan fingerprint density at radius 2 is 2.26 bits per heavy atom. The van der Waals surface area contributed by atoms with Gasteiger partial charge in [-0.05, 0) is 38.2 Å². The summed E-state index contributed by atoms with van der Waals surface area (Å²) in [5.74, 6) is 0.798. The Kier molecular flexibility index (Phi) is 4.74. The van der Waals surface area contributed by atoms with E-state index in [1.807, 2.05) is 6.07 Å². The molecule has 1 aliphatic carbocycles. The summed E-state index contributed by atoms with van der Waals surface area (Å²) >= 11 is 0. The number of rotatable bonds is 8. The molecule has 1 aromatic rings. The number of nitro benzene ring substituents is 1. The van der Waals surface area contributed by atoms with Crippen LogP contribution in [0.2, 0.25) is 0 Å². The highest BCUT2D eigenvalue weighted by atomic mass is 16.6. The highest BCUT2D eigenvalue weighted by Crippen LogP contribution is 2.28. The molecule has 1 fully saturated rings. The standard InChI is InChI=1S/C14H20N2O3/c1-11-13(4-2-5-14(11)16(17)18)15-8-3-9-19-10-12-6-7-12/h2,4-5,12,15H,3,6-10H2,1H3. The third-order valence-corrected chi connectivity index (χ3v) is 3.33. The van der Waals surface area contributed by atoms with Crippen molar-refractivity contribution < 1.29 is 9.66 Å². The topological polar surface area (TPSA) is 64.4 Å². The molecule has 5 heteroatoms. The minimum atomic E-state index is -0.348. The summed E-state index contributed by atoms with van der Waals surface area (Å²) in [6.07, 6.45) is 3.53. The SMILES string of the molecule is Cc1c(NCCCOCC2CC2)cccc1[N+](=O)[O-]. The van der Waals surface area contributed by atoms with E-state index in [1.54, 1.807) is 13.0 Å². The monoisotopic (exact) mass is 264 g/mol. The van der Waals surface area contributed by atoms with Crippen LogP contribution < -0.4 is 5.32 Å². The second kappa shape index (κ2) is 6.52. The number of nitrogens with one attached hydrogen (secondary N) is 1. The number of nitrogens with zero attached hydrogens (tertiary/aromatic N) is 1. The number of anilines is 1. The zero-order chi connectivity index (χ0) is 13.7. The summed E-state index contributed by atoms with van der Waals surface area (Å²) in [5, 5.41) is 14.0. The van der Waals surface area contributed by atoms with E-state index in [4.69, 9.17) is 4.74 Å². The molecular formula is C14H20N2O3. The average molecular weight is 264 g/mol. The Balaban J connectivity index is 1.72. The molecule has 19 heavy (non-hydrogen) atoms. The first-order chi connectivity index (χ1) is 9.18. The molecule has 1 aromatic carbocycles. The second-order valence-corrected chi connectivity index (χ2v) is 5.01. The third-order valence-electron chi connectivity index (χ3n) is 3.33. The van der Waals surface area contributed by atoms with Gasteiger partial charge in [0.1, 0.15) is 0 Å². The van der Waals surface area contributed by atoms with Gasteiger partial charge in [-0.25, -0.2) is 0 Å². The van der Waals surface area contributed by atoms with E-state index in [0.29, 0.717) is 5.56 Å². The van der Waals surface area contributed by atoms with Crippen LogP contribution in [-0.4, -0.2) is 24.7 Å². The van der Waals surface area contributed by atoms with Crippen molar-refractivity contribution in [3.05, 3.63) is 33.9 Å². The Bertz CT molecular complexity index is 444. The van der Waals surface area contributed by atoms with E-state index in [0.717, 1.165) is 37.8 Å². The number of hydrogen-bond donors (Lipinski definition) is 1. The Morgan fingerprint density at radius 3 is 2.95 bits per heavy atom. The smallest absolute Gasteiger partial charge is 0.274 e. The summed E-state index contributed by atoms with van der Waals surface area (Å²) in [7, 11) is 0. The molecule has 0 unspecified atom stereocenters. The molecule has 0 saturated heterocycles. The van der Waals surface area contributed by atoms with Crippen LogP contribution in [0.5, 0.6) is 0 Å². The van der Waals surface area contributed by atoms with Crippen LogP contribution in [0.4, 0.5) is 11.4 Å². The molecule has 0 radical (unpaired) electrons. The quantitative estimate of drug-likeness (QED) is 0.445. The normalized spacial score (nSPS) is 14.4. The maximum Gasteiger partial charge on any atom is 0.274 e. The summed E-state index contributed by atoms with van der Waals surface area (Å²) in [4.78, 5) is 10.5. The predicted octanol–water partition coefficient (Wildman–Crippen LogP) is 3.13. The largest absolute Gasteiger partial charge is 0.385 e. The van der Waals surface area contributed by atoms with Crippen molar-refractivity contribution >= 4 is 11.4 Å². The van der Waals surface area contributed by atoms with Crippen molar-refractivity contribution in [1.82, 2.24) is 0 Å². The van der Waals surface area contributed by atoms with Gasteiger partial charge in [0, 0.05) is 37.1 Å². The lowest BCUT2D eigenvalue weighted by molar-refractivity contribution is -0.385. The molecule has 0 spiro atoms. The molecule has 0 heterocycles. The summed E-state index contributed by atoms with van der Waals surface area (Å²) in [6, 6.07) is 5.10. The van der Waals surface area contributed by atoms with E-state index < -0.39 is 0 Å². The summed E-state index contributed by atoms with van der Waals surface area (Å²) < 4.78 is 5.54. The highest BCUT2D eigenvalue weighted by Gasteiger charge is 2.20. The minimum Gasteiger partial charge on any atom is -0.385 e. The van der Waals surface area contributed by atoms with E-state index >= 15 is 0 Å². The van der Waals surface area contributed by atoms with E-state index in [2.05, 4.69) is 5.32 Å². The number of hydrogen-bond acceptors (Lipinski definition) is 4. The molecule has 1 aliphatic rings. The fourth-order valence-electron chi connectivity index (χ4n) is 1.94. The van der Waals surface area contributed by atoms with Gasteiger partial charge in [-0.15, -0.1) is 0 Å². The minimum absolute atomic E-state index is 0.162. The Hall–Kier alpha value is -1.62. The van der Waals surface area contributed by atoms with Gasteiger partial charge in [0.15, 0.2) is 0 Å². The van der Waals surface area contributed by atoms with E-state index in [-0.39, 0.29) is 10.6 Å². The van der Waals surface area contributed by atoms with Gasteiger partial charge >= 0.3 is 0 Å². The van der Waals surface area contributed by atoms with Crippen LogP contribution >= 0.6 is 0 Å². The zero-order valence-corrected chi connectivity index (χ0v) is 11.2. The first kappa shape index (κ1) is 13.8. The molecule has 0 aromatic heterocycles. The molecule has 104 valence electrons. The van der Waals surface area contributed by atoms with Crippen molar-refractivity contribution in [2.75, 3.05) is 25.1 Å². The van der Waals surface area contributed by atoms with Gasteiger partial charge in [-0.1, -0.05) is 6.07 Å². The summed E-state index contributed by atoms with van der Waals surface area (Å²) in [6.45, 7) is 4.17. The molecule has 5 nitrogen and oxygen atoms in total. The average Bonchev–Trinajstić information content (AvgIpc) is 3.19. The van der Waals surface area contributed by atoms with E-state index in [1.165, 1.54) is 18.9 Å². The lowest BCUT2D eigenvalue weighted by Gasteiger charge is -2.09. The molecule has 0 amide bonds. The molecule has 0 bridgehead atoms. The highest BCUT2D eigenvalue weighted by molar-refractivity contribution is 5.59. The maximum absolute atomic E-state index is 10.8. The molecule has 0 atom stereocenters. The van der Waals surface area contributed by atoms with Crippen molar-refractivity contribution in [2.45, 2.75) is 26.2 Å². The van der Waals surface area contributed by atoms with Crippen LogP contribution in [0, 0.1) is 23.0 Å². The maximum atomic E-state index is 10.8. The molecule has 2 rings (SSSR count). The number of ether oxygens (including phenoxy) is 1. The molecular weight excluding hydrogens is 244 g/mol. The lowest BCUT2D eigenvalue weighted by Crippen LogP contribution is -2.08. The Labute approximate surface area is 113 Å². The summed E-state index contributed by atoms with van der Waals surface area (Å²) in [5.41, 5.74) is 1.68. The third kappa shape index (κ3) is 4.21. The zero-order valence-electron chi connectivity index (χ0n) is 11.2. The fourth-order valence-corrected chi connectivity index (χ4v) is 1.94. The van der Waals surface area contributed by atoms with Crippen molar-refractivity contribution in [3.63, 3.8) is 0 Å². The van der Waals surface area contributed by atoms with Gasteiger partial charge in [0.2, 0.25) is 0 Å². The van der Waals surface area contributed by atoms with Gasteiger partial charge in [0.25, 0.3) is 5.69 Å². The van der Waals surface area contributed by atoms with Crippen molar-refractivity contribution in [1.29, 1.82) is 0 Å². The molecule has 1 N–H and O–H groups in total. The van der Waals surface area contributed by atoms with Crippen LogP contribution in [0.1, 0.15) is 24.8 Å². The van der Waals surface area contributed by atoms with Crippen molar-refractivity contribution in [3.8, 4) is 0 Å². The molecule has 1 saturated carbocycles. The lowest BCUT2D eigenvalue weighted by atomic mass is 10.1. The van der Waals surface area contributed by atoms with Gasteiger partial charge in [-0.2, -0.15) is 0 Å². The van der Waals surface area contributed by atoms with E-state index in [9.17, 15) is 10.1 Å². The predicted molar refractivity (Wildman–Crippen MR) is 74.5 cm³/mol. The number of benzene rings is 1. The van der Waals surface area contributed by atoms with Crippen molar-refractivity contribution in [2.24, 2.45) is 5.92 Å². The Morgan fingerprint density at radius 1 is 1.47 bits per heavy atom. The second-order valence-electron chi connectivity index (χ2n) is 5.01. The van der Waals surface area contributed by atoms with Gasteiger partial charge in [0.05, 0.1) is 4.92 Å². The first-order valence-electron chi connectivity index (χ1n) is 6.74. The molecule has 0 aliphatic heterocycles. The van der Waals surface area contributed by atoms with Crippen LogP contribution in [0.25, 0.3) is 0 Å². The number of nitro groups is 1. The van der Waals surface area contributed by atoms with Crippen LogP contribution in [0.3, 0.4) is 0 Å². The van der Waals surface area contributed by atoms with Crippen LogP contribution in [0.15, 0.2) is 18.2 Å². The fraction of sp³-hybridized carbons (Fsp3) is 0.571. The first-order valence-corrected chi connectivity index (χ1v) is 6.74. The van der Waals surface area contributed by atoms with Gasteiger partial charge < -0.3 is 10.1 Å². The van der Waals surface area contributed by atoms with Gasteiger partial charge in [-0.3, -0.25) is 10.1 Å². The van der Waals surface area contributed by atoms with Crippen LogP contribution in [-0.2, 0) is 4.74 Å².